The van der Waals surface area contributed by atoms with Gasteiger partial charge in [-0.2, -0.15) is 0 Å². The average Bonchev–Trinajstić information content (AvgIpc) is 3.13. The molecule has 0 bridgehead atoms. The van der Waals surface area contributed by atoms with E-state index in [4.69, 9.17) is 10.5 Å². The Labute approximate surface area is 319 Å². The third kappa shape index (κ3) is 35.5. The molecule has 0 rings (SSSR count). The molecule has 2 atom stereocenters. The van der Waals surface area contributed by atoms with E-state index in [0.717, 1.165) is 96.3 Å². The van der Waals surface area contributed by atoms with Gasteiger partial charge in [0.05, 0.1) is 0 Å². The molecule has 0 radical (unpaired) electrons. The van der Waals surface area contributed by atoms with Crippen LogP contribution < -0.4 is 11.1 Å². The minimum absolute atomic E-state index is 0.0877. The van der Waals surface area contributed by atoms with E-state index < -0.39 is 12.0 Å². The number of rotatable bonds is 37. The second-order valence-electron chi connectivity index (χ2n) is 14.0. The molecule has 0 saturated heterocycles. The summed E-state index contributed by atoms with van der Waals surface area (Å²) in [6.45, 7) is 4.79. The molecule has 0 saturated carbocycles. The second kappa shape index (κ2) is 39.3. The van der Waals surface area contributed by atoms with Gasteiger partial charge in [-0.25, -0.2) is 4.79 Å². The minimum atomic E-state index is -1.01. The molecule has 4 N–H and O–H groups in total. The Morgan fingerprint density at radius 3 is 1.71 bits per heavy atom. The Bertz CT molecular complexity index is 1000. The van der Waals surface area contributed by atoms with E-state index in [1.807, 2.05) is 0 Å². The number of amides is 1. The quantitative estimate of drug-likeness (QED) is 0.0333. The van der Waals surface area contributed by atoms with Crippen LogP contribution in [0.3, 0.4) is 0 Å². The molecule has 0 aliphatic carbocycles. The van der Waals surface area contributed by atoms with Crippen molar-refractivity contribution in [2.45, 2.75) is 199 Å². The lowest BCUT2D eigenvalue weighted by atomic mass is 10.0. The standard InChI is InChI=1S/C45H78N2O5/c1-3-5-7-9-11-13-14-15-16-17-18-19-20-21-23-29-33-39-44(49)52-41(35-30-26-22-12-10-8-6-4-2)36-31-27-24-25-28-32-38-43(48)47-42(45(50)51)37-34-40-46/h5,7,11-13,15-16,22,30,35,41-42H,3-4,6,8-10,14,17-21,23-29,31-34,36-40,46H2,1-2H3,(H,47,48)(H,50,51)/b7-5-,13-11-,16-15-,22-12-,35-30-. The Morgan fingerprint density at radius 2 is 1.12 bits per heavy atom. The van der Waals surface area contributed by atoms with Crippen molar-refractivity contribution < 1.29 is 24.2 Å². The van der Waals surface area contributed by atoms with E-state index >= 15 is 0 Å². The summed E-state index contributed by atoms with van der Waals surface area (Å²) in [5, 5.41) is 11.9. The normalized spacial score (nSPS) is 13.3. The van der Waals surface area contributed by atoms with Crippen molar-refractivity contribution in [2.75, 3.05) is 6.54 Å². The highest BCUT2D eigenvalue weighted by Gasteiger charge is 2.18. The van der Waals surface area contributed by atoms with Crippen LogP contribution in [-0.2, 0) is 19.1 Å². The molecule has 0 aromatic carbocycles. The van der Waals surface area contributed by atoms with Crippen LogP contribution in [0.25, 0.3) is 0 Å². The number of nitrogens with one attached hydrogen (secondary N) is 1. The fourth-order valence-corrected chi connectivity index (χ4v) is 5.88. The topological polar surface area (TPSA) is 119 Å². The van der Waals surface area contributed by atoms with Gasteiger partial charge in [0.25, 0.3) is 0 Å². The van der Waals surface area contributed by atoms with Gasteiger partial charge in [0.15, 0.2) is 0 Å². The maximum Gasteiger partial charge on any atom is 0.326 e. The summed E-state index contributed by atoms with van der Waals surface area (Å²) in [6.07, 6.45) is 48.6. The van der Waals surface area contributed by atoms with Crippen LogP contribution >= 0.6 is 0 Å². The molecular formula is C45H78N2O5. The van der Waals surface area contributed by atoms with E-state index in [0.29, 0.717) is 32.2 Å². The molecule has 7 nitrogen and oxygen atoms in total. The number of aliphatic carboxylic acids is 1. The molecule has 7 heteroatoms. The number of carbonyl (C=O) groups is 3. The monoisotopic (exact) mass is 727 g/mol. The summed E-state index contributed by atoms with van der Waals surface area (Å²) in [5.74, 6) is -1.30. The number of carbonyl (C=O) groups excluding carboxylic acids is 2. The van der Waals surface area contributed by atoms with E-state index in [2.05, 4.69) is 79.9 Å². The molecule has 298 valence electrons. The molecule has 0 aromatic rings. The summed E-state index contributed by atoms with van der Waals surface area (Å²) in [4.78, 5) is 36.2. The third-order valence-electron chi connectivity index (χ3n) is 9.05. The van der Waals surface area contributed by atoms with Gasteiger partial charge in [0.1, 0.15) is 12.1 Å². The average molecular weight is 727 g/mol. The zero-order valence-electron chi connectivity index (χ0n) is 33.4. The van der Waals surface area contributed by atoms with Crippen molar-refractivity contribution in [3.63, 3.8) is 0 Å². The highest BCUT2D eigenvalue weighted by molar-refractivity contribution is 5.83. The Balaban J connectivity index is 4.28. The maximum atomic E-state index is 12.7. The number of hydrogen-bond acceptors (Lipinski definition) is 5. The summed E-state index contributed by atoms with van der Waals surface area (Å²) in [6, 6.07) is -0.858. The van der Waals surface area contributed by atoms with Crippen molar-refractivity contribution in [1.82, 2.24) is 5.32 Å². The van der Waals surface area contributed by atoms with Crippen LogP contribution in [0.5, 0.6) is 0 Å². The lowest BCUT2D eigenvalue weighted by Crippen LogP contribution is -2.40. The van der Waals surface area contributed by atoms with Crippen LogP contribution in [0.4, 0.5) is 0 Å². The molecular weight excluding hydrogens is 649 g/mol. The van der Waals surface area contributed by atoms with Gasteiger partial charge >= 0.3 is 11.9 Å². The summed E-state index contributed by atoms with van der Waals surface area (Å²) >= 11 is 0. The highest BCUT2D eigenvalue weighted by atomic mass is 16.5. The van der Waals surface area contributed by atoms with Crippen LogP contribution in [0.15, 0.2) is 60.8 Å². The SMILES string of the molecule is CC/C=C\C/C=C\C/C=C\CCCCCCCCCC(=O)OC(/C=C\C/C=C\CCCCC)CCCCCCCCC(=O)NC(CCCN)C(=O)O. The smallest absolute Gasteiger partial charge is 0.326 e. The van der Waals surface area contributed by atoms with Crippen molar-refractivity contribution in [1.29, 1.82) is 0 Å². The van der Waals surface area contributed by atoms with Crippen molar-refractivity contribution >= 4 is 17.8 Å². The Morgan fingerprint density at radius 1 is 0.596 bits per heavy atom. The first kappa shape index (κ1) is 49.1. The fourth-order valence-electron chi connectivity index (χ4n) is 5.88. The number of hydrogen-bond donors (Lipinski definition) is 3. The van der Waals surface area contributed by atoms with Gasteiger partial charge in [-0.3, -0.25) is 9.59 Å². The first-order valence-electron chi connectivity index (χ1n) is 21.1. The van der Waals surface area contributed by atoms with E-state index in [1.54, 1.807) is 0 Å². The van der Waals surface area contributed by atoms with Gasteiger partial charge in [0.2, 0.25) is 5.91 Å². The van der Waals surface area contributed by atoms with Gasteiger partial charge in [-0.1, -0.05) is 139 Å². The lowest BCUT2D eigenvalue weighted by Gasteiger charge is -2.15. The molecule has 0 aliphatic heterocycles. The zero-order chi connectivity index (χ0) is 38.2. The molecule has 0 aliphatic rings. The van der Waals surface area contributed by atoms with Crippen LogP contribution in [0, 0.1) is 0 Å². The molecule has 52 heavy (non-hydrogen) atoms. The zero-order valence-corrected chi connectivity index (χ0v) is 33.4. The molecule has 0 fully saturated rings. The van der Waals surface area contributed by atoms with E-state index in [1.165, 1.54) is 51.4 Å². The van der Waals surface area contributed by atoms with Crippen LogP contribution in [-0.4, -0.2) is 41.6 Å². The second-order valence-corrected chi connectivity index (χ2v) is 14.0. The van der Waals surface area contributed by atoms with Crippen molar-refractivity contribution in [3.05, 3.63) is 60.8 Å². The minimum Gasteiger partial charge on any atom is -0.480 e. The highest BCUT2D eigenvalue weighted by Crippen LogP contribution is 2.15. The molecule has 0 heterocycles. The number of ether oxygens (including phenoxy) is 1. The number of unbranched alkanes of at least 4 members (excludes halogenated alkanes) is 15. The largest absolute Gasteiger partial charge is 0.480 e. The first-order chi connectivity index (χ1) is 25.4. The first-order valence-corrected chi connectivity index (χ1v) is 21.1. The molecule has 0 aromatic heterocycles. The summed E-state index contributed by atoms with van der Waals surface area (Å²) in [7, 11) is 0. The molecule has 0 spiro atoms. The fraction of sp³-hybridized carbons (Fsp3) is 0.711. The lowest BCUT2D eigenvalue weighted by molar-refractivity contribution is -0.147. The van der Waals surface area contributed by atoms with Crippen molar-refractivity contribution in [3.8, 4) is 0 Å². The molecule has 1 amide bonds. The Hall–Kier alpha value is -2.93. The number of allylic oxidation sites excluding steroid dienone is 9. The van der Waals surface area contributed by atoms with E-state index in [-0.39, 0.29) is 18.0 Å². The van der Waals surface area contributed by atoms with Gasteiger partial charge in [-0.15, -0.1) is 0 Å². The van der Waals surface area contributed by atoms with Gasteiger partial charge < -0.3 is 20.9 Å². The Kier molecular flexibility index (Phi) is 37.1. The number of carboxylic acids is 1. The number of esters is 1. The van der Waals surface area contributed by atoms with Gasteiger partial charge in [0, 0.05) is 12.8 Å². The predicted octanol–water partition coefficient (Wildman–Crippen LogP) is 11.8. The number of carboxylic acid groups (broad SMARTS) is 1. The van der Waals surface area contributed by atoms with Crippen molar-refractivity contribution in [2.24, 2.45) is 5.73 Å². The summed E-state index contributed by atoms with van der Waals surface area (Å²) < 4.78 is 5.93. The maximum absolute atomic E-state index is 12.7. The van der Waals surface area contributed by atoms with Crippen LogP contribution in [0.2, 0.25) is 0 Å². The van der Waals surface area contributed by atoms with Crippen LogP contribution in [0.1, 0.15) is 187 Å². The third-order valence-corrected chi connectivity index (χ3v) is 9.05. The summed E-state index contributed by atoms with van der Waals surface area (Å²) in [5.41, 5.74) is 5.47. The number of nitrogens with two attached hydrogens (primary N) is 1. The predicted molar refractivity (Wildman–Crippen MR) is 220 cm³/mol. The van der Waals surface area contributed by atoms with Gasteiger partial charge in [-0.05, 0) is 103 Å². The molecule has 2 unspecified atom stereocenters. The van der Waals surface area contributed by atoms with E-state index in [9.17, 15) is 19.5 Å².